The number of Topliss-reactive ketones (excluding diaryl/α,β-unsaturated/α-hetero) is 2. The lowest BCUT2D eigenvalue weighted by molar-refractivity contribution is -0.131. The number of epoxide rings is 1. The molecule has 0 aromatic carbocycles. The van der Waals surface area contributed by atoms with E-state index in [9.17, 15) is 9.59 Å². The van der Waals surface area contributed by atoms with Crippen molar-refractivity contribution in [3.63, 3.8) is 0 Å². The van der Waals surface area contributed by atoms with E-state index in [0.717, 1.165) is 32.1 Å². The highest BCUT2D eigenvalue weighted by atomic mass is 16.6. The second-order valence-corrected chi connectivity index (χ2v) is 10.2. The lowest BCUT2D eigenvalue weighted by Gasteiger charge is -2.56. The van der Waals surface area contributed by atoms with E-state index in [1.807, 2.05) is 0 Å². The highest BCUT2D eigenvalue weighted by molar-refractivity contribution is 5.92. The van der Waals surface area contributed by atoms with E-state index in [2.05, 4.69) is 26.8 Å². The number of allylic oxidation sites excluding steroid dienone is 2. The average molecular weight is 342 g/mol. The minimum absolute atomic E-state index is 0.0601. The van der Waals surface area contributed by atoms with Crippen molar-refractivity contribution in [2.45, 2.75) is 83.8 Å². The van der Waals surface area contributed by atoms with Crippen molar-refractivity contribution in [2.24, 2.45) is 28.6 Å². The quantitative estimate of drug-likeness (QED) is 0.529. The number of ketones is 2. The Hall–Kier alpha value is -0.960. The summed E-state index contributed by atoms with van der Waals surface area (Å²) in [6, 6.07) is 0. The van der Waals surface area contributed by atoms with Crippen molar-refractivity contribution in [3.05, 3.63) is 11.6 Å². The number of ether oxygens (including phenoxy) is 1. The van der Waals surface area contributed by atoms with Gasteiger partial charge >= 0.3 is 0 Å². The van der Waals surface area contributed by atoms with E-state index in [1.54, 1.807) is 12.5 Å². The Bertz CT molecular complexity index is 723. The molecule has 136 valence electrons. The van der Waals surface area contributed by atoms with Crippen LogP contribution < -0.4 is 0 Å². The number of rotatable bonds is 1. The monoisotopic (exact) mass is 342 g/mol. The van der Waals surface area contributed by atoms with Gasteiger partial charge in [0.25, 0.3) is 0 Å². The van der Waals surface area contributed by atoms with E-state index < -0.39 is 5.60 Å². The minimum Gasteiger partial charge on any atom is -0.354 e. The van der Waals surface area contributed by atoms with Gasteiger partial charge in [-0.25, -0.2) is 0 Å². The van der Waals surface area contributed by atoms with Crippen LogP contribution in [0.1, 0.15) is 72.6 Å². The Kier molecular flexibility index (Phi) is 2.90. The van der Waals surface area contributed by atoms with Crippen LogP contribution in [0.2, 0.25) is 0 Å². The summed E-state index contributed by atoms with van der Waals surface area (Å²) in [5, 5.41) is 0. The molecular weight excluding hydrogens is 312 g/mol. The first-order valence-corrected chi connectivity index (χ1v) is 10.1. The minimum atomic E-state index is -0.549. The Morgan fingerprint density at radius 3 is 2.72 bits per heavy atom. The van der Waals surface area contributed by atoms with E-state index in [0.29, 0.717) is 23.5 Å². The largest absolute Gasteiger partial charge is 0.354 e. The fourth-order valence-electron chi connectivity index (χ4n) is 7.94. The van der Waals surface area contributed by atoms with Gasteiger partial charge in [0.1, 0.15) is 11.4 Å². The molecule has 4 aliphatic carbocycles. The summed E-state index contributed by atoms with van der Waals surface area (Å²) in [6.07, 6.45) is 9.35. The van der Waals surface area contributed by atoms with Gasteiger partial charge in [-0.1, -0.05) is 25.5 Å². The van der Waals surface area contributed by atoms with E-state index in [-0.39, 0.29) is 22.2 Å². The summed E-state index contributed by atoms with van der Waals surface area (Å²) in [4.78, 5) is 24.6. The van der Waals surface area contributed by atoms with Crippen molar-refractivity contribution >= 4 is 11.6 Å². The topological polar surface area (TPSA) is 46.7 Å². The van der Waals surface area contributed by atoms with E-state index in [4.69, 9.17) is 4.74 Å². The molecule has 0 radical (unpaired) electrons. The first kappa shape index (κ1) is 16.2. The maximum Gasteiger partial charge on any atom is 0.165 e. The van der Waals surface area contributed by atoms with Gasteiger partial charge in [-0.05, 0) is 69.1 Å². The van der Waals surface area contributed by atoms with Crippen LogP contribution in [0.25, 0.3) is 0 Å². The molecule has 4 fully saturated rings. The van der Waals surface area contributed by atoms with Crippen LogP contribution in [-0.2, 0) is 14.3 Å². The summed E-state index contributed by atoms with van der Waals surface area (Å²) < 4.78 is 6.16. The van der Waals surface area contributed by atoms with E-state index in [1.165, 1.54) is 12.8 Å². The van der Waals surface area contributed by atoms with Crippen LogP contribution in [0.5, 0.6) is 0 Å². The Morgan fingerprint density at radius 2 is 2.00 bits per heavy atom. The smallest absolute Gasteiger partial charge is 0.165 e. The van der Waals surface area contributed by atoms with Crippen LogP contribution in [0.15, 0.2) is 11.6 Å². The number of fused-ring (bicyclic) bond motifs is 7. The molecule has 0 bridgehead atoms. The van der Waals surface area contributed by atoms with Crippen LogP contribution in [0.3, 0.4) is 0 Å². The first-order chi connectivity index (χ1) is 11.7. The molecular formula is C22H30O3. The van der Waals surface area contributed by atoms with Gasteiger partial charge in [0.2, 0.25) is 0 Å². The summed E-state index contributed by atoms with van der Waals surface area (Å²) in [5.41, 5.74) is 0.975. The Labute approximate surface area is 150 Å². The van der Waals surface area contributed by atoms with Crippen molar-refractivity contribution < 1.29 is 14.3 Å². The lowest BCUT2D eigenvalue weighted by Crippen LogP contribution is -2.51. The molecule has 7 atom stereocenters. The lowest BCUT2D eigenvalue weighted by atomic mass is 9.48. The molecule has 5 rings (SSSR count). The molecule has 3 saturated carbocycles. The third-order valence-corrected chi connectivity index (χ3v) is 9.22. The third kappa shape index (κ3) is 1.63. The van der Waals surface area contributed by atoms with Crippen molar-refractivity contribution in [2.75, 3.05) is 0 Å². The maximum atomic E-state index is 12.6. The summed E-state index contributed by atoms with van der Waals surface area (Å²) >= 11 is 0. The number of hydrogen-bond acceptors (Lipinski definition) is 3. The normalized spacial score (nSPS) is 56.2. The molecule has 3 heteroatoms. The Morgan fingerprint density at radius 1 is 1.24 bits per heavy atom. The summed E-state index contributed by atoms with van der Waals surface area (Å²) in [5.74, 6) is 2.34. The molecule has 1 aliphatic heterocycles. The molecule has 0 aromatic rings. The van der Waals surface area contributed by atoms with Crippen molar-refractivity contribution in [1.82, 2.24) is 0 Å². The molecule has 3 nitrogen and oxygen atoms in total. The fourth-order valence-corrected chi connectivity index (χ4v) is 7.94. The first-order valence-electron chi connectivity index (χ1n) is 10.1. The van der Waals surface area contributed by atoms with Crippen molar-refractivity contribution in [3.8, 4) is 0 Å². The van der Waals surface area contributed by atoms with Crippen molar-refractivity contribution in [1.29, 1.82) is 0 Å². The third-order valence-electron chi connectivity index (χ3n) is 9.22. The van der Waals surface area contributed by atoms with Gasteiger partial charge in [0.05, 0.1) is 0 Å². The summed E-state index contributed by atoms with van der Waals surface area (Å²) in [7, 11) is 0. The molecule has 1 saturated heterocycles. The molecule has 0 amide bonds. The van der Waals surface area contributed by atoms with Gasteiger partial charge < -0.3 is 4.74 Å². The molecule has 0 aromatic heterocycles. The van der Waals surface area contributed by atoms with Crippen LogP contribution in [0, 0.1) is 28.6 Å². The van der Waals surface area contributed by atoms with Gasteiger partial charge in [0.15, 0.2) is 11.4 Å². The van der Waals surface area contributed by atoms with Crippen LogP contribution in [0.4, 0.5) is 0 Å². The van der Waals surface area contributed by atoms with Gasteiger partial charge in [0, 0.05) is 18.3 Å². The molecule has 1 unspecified atom stereocenters. The average Bonchev–Trinajstić information content (AvgIpc) is 3.13. The maximum absolute atomic E-state index is 12.6. The predicted octanol–water partition coefficient (Wildman–Crippen LogP) is 4.24. The standard InChI is InChI=1S/C22H30O3/c1-13(23)22-20(3)10-8-17-16(18(20)12-21(22,4)25-22)6-5-14-11-15(24)7-9-19(14,17)2/h8,14,16,18H,5-7,9-12H2,1-4H3/t14?,16-,18+,19+,20+,21-,22+/m1/s1. The van der Waals surface area contributed by atoms with Gasteiger partial charge in [-0.2, -0.15) is 0 Å². The van der Waals surface area contributed by atoms with E-state index >= 15 is 0 Å². The molecule has 25 heavy (non-hydrogen) atoms. The summed E-state index contributed by atoms with van der Waals surface area (Å²) in [6.45, 7) is 8.61. The predicted molar refractivity (Wildman–Crippen MR) is 95.0 cm³/mol. The molecule has 5 aliphatic rings. The highest BCUT2D eigenvalue weighted by Gasteiger charge is 2.85. The number of carbonyl (C=O) groups excluding carboxylic acids is 2. The number of hydrogen-bond donors (Lipinski definition) is 0. The molecule has 0 N–H and O–H groups in total. The second-order valence-electron chi connectivity index (χ2n) is 10.2. The van der Waals surface area contributed by atoms with Gasteiger partial charge in [-0.3, -0.25) is 9.59 Å². The SMILES string of the molecule is CC(=O)[C@@]12O[C@]1(C)C[C@H]1[C@@H]3CCC4CC(=O)CC[C@]4(C)C3=CC[C@@]12C. The highest BCUT2D eigenvalue weighted by Crippen LogP contribution is 2.76. The van der Waals surface area contributed by atoms with Crippen LogP contribution in [-0.4, -0.2) is 22.8 Å². The van der Waals surface area contributed by atoms with Gasteiger partial charge in [-0.15, -0.1) is 0 Å². The zero-order valence-electron chi connectivity index (χ0n) is 16.0. The van der Waals surface area contributed by atoms with Crippen LogP contribution >= 0.6 is 0 Å². The second kappa shape index (κ2) is 4.47. The molecule has 0 spiro atoms. The molecule has 1 heterocycles. The Balaban J connectivity index is 1.56. The number of carbonyl (C=O) groups is 2. The fraction of sp³-hybridized carbons (Fsp3) is 0.818. The zero-order chi connectivity index (χ0) is 17.8. The zero-order valence-corrected chi connectivity index (χ0v) is 16.0.